The van der Waals surface area contributed by atoms with E-state index >= 15 is 0 Å². The molecule has 0 bridgehead atoms. The molecule has 4 rings (SSSR count). The Morgan fingerprint density at radius 2 is 1.97 bits per heavy atom. The summed E-state index contributed by atoms with van der Waals surface area (Å²) in [6.45, 7) is -0.459. The number of fused-ring (bicyclic) bond motifs is 1. The molecule has 1 aliphatic heterocycles. The molecule has 12 nitrogen and oxygen atoms in total. The van der Waals surface area contributed by atoms with E-state index in [-0.39, 0.29) is 27.8 Å². The molecule has 1 aromatic carbocycles. The molecular weight excluding hydrogens is 404 g/mol. The molecule has 0 amide bonds. The summed E-state index contributed by atoms with van der Waals surface area (Å²) in [5, 5.41) is 40.6. The van der Waals surface area contributed by atoms with Crippen LogP contribution in [-0.2, 0) is 4.74 Å². The molecule has 2 aromatic heterocycles. The second-order valence-corrected chi connectivity index (χ2v) is 7.34. The van der Waals surface area contributed by atoms with Gasteiger partial charge in [0.1, 0.15) is 23.8 Å². The number of ether oxygens (including phenoxy) is 1. The van der Waals surface area contributed by atoms with Crippen molar-refractivity contribution in [3.05, 3.63) is 40.7 Å². The van der Waals surface area contributed by atoms with Gasteiger partial charge in [0.15, 0.2) is 22.8 Å². The van der Waals surface area contributed by atoms with Crippen LogP contribution in [0.15, 0.2) is 40.6 Å². The molecule has 0 radical (unpaired) electrons. The maximum absolute atomic E-state index is 10.8. The molecule has 0 saturated carbocycles. The summed E-state index contributed by atoms with van der Waals surface area (Å²) >= 11 is 1.14. The zero-order valence-corrected chi connectivity index (χ0v) is 15.5. The fraction of sp³-hybridized carbons (Fsp3) is 0.312. The predicted octanol–water partition coefficient (Wildman–Crippen LogP) is 0.0794. The molecule has 4 atom stereocenters. The Morgan fingerprint density at radius 1 is 1.24 bits per heavy atom. The van der Waals surface area contributed by atoms with Crippen LogP contribution < -0.4 is 5.73 Å². The third-order valence-electron chi connectivity index (χ3n) is 4.48. The van der Waals surface area contributed by atoms with Gasteiger partial charge in [-0.15, -0.1) is 0 Å². The van der Waals surface area contributed by atoms with Crippen molar-refractivity contribution in [1.82, 2.24) is 19.5 Å². The normalized spacial score (nSPS) is 24.2. The Labute approximate surface area is 167 Å². The van der Waals surface area contributed by atoms with Crippen molar-refractivity contribution in [3.63, 3.8) is 0 Å². The van der Waals surface area contributed by atoms with Gasteiger partial charge in [0, 0.05) is 17.0 Å². The number of nitro groups is 1. The standard InChI is InChI=1S/C16H16N6O6S/c17-13-10-14(21(6-18-10)15-12(25)11(24)9(5-23)28-15)20-16(19-13)29-8-3-1-7(2-4-8)22(26)27/h1-4,6,9,11-12,15,23-25H,5H2,(H2,17,19,20)/t9-,11?,12?,15-/m1/s1. The van der Waals surface area contributed by atoms with Crippen LogP contribution in [0.4, 0.5) is 11.5 Å². The molecule has 1 aliphatic rings. The van der Waals surface area contributed by atoms with Crippen molar-refractivity contribution in [3.8, 4) is 0 Å². The molecule has 13 heteroatoms. The van der Waals surface area contributed by atoms with Crippen molar-refractivity contribution in [2.75, 3.05) is 12.3 Å². The van der Waals surface area contributed by atoms with E-state index in [0.29, 0.717) is 4.90 Å². The molecule has 2 unspecified atom stereocenters. The lowest BCUT2D eigenvalue weighted by atomic mass is 10.1. The molecule has 1 saturated heterocycles. The number of aliphatic hydroxyl groups excluding tert-OH is 3. The van der Waals surface area contributed by atoms with Gasteiger partial charge in [-0.25, -0.2) is 15.0 Å². The monoisotopic (exact) mass is 420 g/mol. The van der Waals surface area contributed by atoms with Crippen molar-refractivity contribution in [1.29, 1.82) is 0 Å². The van der Waals surface area contributed by atoms with E-state index < -0.39 is 36.1 Å². The van der Waals surface area contributed by atoms with Gasteiger partial charge >= 0.3 is 0 Å². The van der Waals surface area contributed by atoms with Crippen molar-refractivity contribution < 1.29 is 25.0 Å². The van der Waals surface area contributed by atoms with Crippen LogP contribution in [0.2, 0.25) is 0 Å². The van der Waals surface area contributed by atoms with E-state index in [0.717, 1.165) is 11.8 Å². The lowest BCUT2D eigenvalue weighted by Gasteiger charge is -2.16. The van der Waals surface area contributed by atoms with Crippen LogP contribution in [0.5, 0.6) is 0 Å². The van der Waals surface area contributed by atoms with Gasteiger partial charge in [-0.2, -0.15) is 0 Å². The summed E-state index contributed by atoms with van der Waals surface area (Å²) in [5.41, 5.74) is 6.51. The third kappa shape index (κ3) is 3.49. The van der Waals surface area contributed by atoms with Gasteiger partial charge < -0.3 is 25.8 Å². The van der Waals surface area contributed by atoms with Gasteiger partial charge in [-0.1, -0.05) is 0 Å². The first-order valence-corrected chi connectivity index (χ1v) is 9.25. The van der Waals surface area contributed by atoms with Gasteiger partial charge in [0.2, 0.25) is 0 Å². The first kappa shape index (κ1) is 19.5. The summed E-state index contributed by atoms with van der Waals surface area (Å²) in [5.74, 6) is 0.102. The van der Waals surface area contributed by atoms with Gasteiger partial charge in [-0.05, 0) is 23.9 Å². The van der Waals surface area contributed by atoms with E-state index in [1.165, 1.54) is 23.0 Å². The highest BCUT2D eigenvalue weighted by molar-refractivity contribution is 7.99. The van der Waals surface area contributed by atoms with Crippen LogP contribution in [0.1, 0.15) is 6.23 Å². The maximum atomic E-state index is 10.8. The average molecular weight is 420 g/mol. The first-order chi connectivity index (χ1) is 13.9. The van der Waals surface area contributed by atoms with Crippen LogP contribution in [0.3, 0.4) is 0 Å². The lowest BCUT2D eigenvalue weighted by molar-refractivity contribution is -0.384. The number of nitro benzene ring substituents is 1. The van der Waals surface area contributed by atoms with Gasteiger partial charge in [-0.3, -0.25) is 14.7 Å². The average Bonchev–Trinajstić information content (AvgIpc) is 3.24. The van der Waals surface area contributed by atoms with Crippen molar-refractivity contribution >= 4 is 34.4 Å². The third-order valence-corrected chi connectivity index (χ3v) is 5.35. The Bertz CT molecular complexity index is 1060. The van der Waals surface area contributed by atoms with E-state index in [1.807, 2.05) is 0 Å². The molecule has 3 aromatic rings. The molecule has 0 aliphatic carbocycles. The maximum Gasteiger partial charge on any atom is 0.269 e. The molecule has 152 valence electrons. The van der Waals surface area contributed by atoms with Crippen LogP contribution >= 0.6 is 11.8 Å². The first-order valence-electron chi connectivity index (χ1n) is 8.44. The molecular formula is C16H16N6O6S. The smallest absolute Gasteiger partial charge is 0.269 e. The van der Waals surface area contributed by atoms with Crippen molar-refractivity contribution in [2.45, 2.75) is 34.6 Å². The Morgan fingerprint density at radius 3 is 2.59 bits per heavy atom. The fourth-order valence-corrected chi connectivity index (χ4v) is 3.76. The number of benzene rings is 1. The number of aromatic nitrogens is 4. The topological polar surface area (TPSA) is 183 Å². The molecule has 29 heavy (non-hydrogen) atoms. The summed E-state index contributed by atoms with van der Waals surface area (Å²) in [4.78, 5) is 23.7. The minimum absolute atomic E-state index is 0.0346. The number of hydrogen-bond acceptors (Lipinski definition) is 11. The van der Waals surface area contributed by atoms with Crippen LogP contribution in [0, 0.1) is 10.1 Å². The Hall–Kier alpha value is -2.84. The highest BCUT2D eigenvalue weighted by atomic mass is 32.2. The molecule has 0 spiro atoms. The van der Waals surface area contributed by atoms with E-state index in [1.54, 1.807) is 12.1 Å². The lowest BCUT2D eigenvalue weighted by Crippen LogP contribution is -2.33. The highest BCUT2D eigenvalue weighted by Crippen LogP contribution is 2.34. The highest BCUT2D eigenvalue weighted by Gasteiger charge is 2.44. The molecule has 1 fully saturated rings. The summed E-state index contributed by atoms with van der Waals surface area (Å²) < 4.78 is 6.94. The zero-order chi connectivity index (χ0) is 20.7. The largest absolute Gasteiger partial charge is 0.394 e. The van der Waals surface area contributed by atoms with Gasteiger partial charge in [0.25, 0.3) is 5.69 Å². The van der Waals surface area contributed by atoms with Gasteiger partial charge in [0.05, 0.1) is 17.9 Å². The number of rotatable bonds is 5. The number of nitrogens with two attached hydrogens (primary N) is 1. The molecule has 3 heterocycles. The second kappa shape index (κ2) is 7.53. The number of nitrogens with zero attached hydrogens (tertiary/aromatic N) is 5. The van der Waals surface area contributed by atoms with E-state index in [2.05, 4.69) is 15.0 Å². The summed E-state index contributed by atoms with van der Waals surface area (Å²) in [6, 6.07) is 5.87. The second-order valence-electron chi connectivity index (χ2n) is 6.30. The number of anilines is 1. The van der Waals surface area contributed by atoms with Crippen molar-refractivity contribution in [2.24, 2.45) is 0 Å². The minimum atomic E-state index is -1.30. The zero-order valence-electron chi connectivity index (χ0n) is 14.7. The van der Waals surface area contributed by atoms with Crippen LogP contribution in [0.25, 0.3) is 11.2 Å². The molecule has 5 N–H and O–H groups in total. The number of non-ortho nitro benzene ring substituents is 1. The quantitative estimate of drug-likeness (QED) is 0.249. The van der Waals surface area contributed by atoms with Crippen LogP contribution in [-0.4, -0.2) is 64.7 Å². The summed E-state index contributed by atoms with van der Waals surface area (Å²) in [6.07, 6.45) is -3.17. The SMILES string of the molecule is Nc1nc(Sc2ccc([N+](=O)[O-])cc2)nc2c1ncn2[C@@H]1O[C@H](CO)C(O)C1O. The predicted molar refractivity (Wildman–Crippen MR) is 100.0 cm³/mol. The number of aliphatic hydroxyl groups is 3. The number of imidazole rings is 1. The number of nitrogen functional groups attached to an aromatic ring is 1. The van der Waals surface area contributed by atoms with E-state index in [9.17, 15) is 25.4 Å². The number of hydrogen-bond donors (Lipinski definition) is 4. The van der Waals surface area contributed by atoms with E-state index in [4.69, 9.17) is 10.5 Å². The summed E-state index contributed by atoms with van der Waals surface area (Å²) in [7, 11) is 0. The Kier molecular flexibility index (Phi) is 5.06. The Balaban J connectivity index is 1.67. The minimum Gasteiger partial charge on any atom is -0.394 e. The fourth-order valence-electron chi connectivity index (χ4n) is 3.00.